The first-order valence-electron chi connectivity index (χ1n) is 10.2. The summed E-state index contributed by atoms with van der Waals surface area (Å²) in [5.41, 5.74) is 0.343. The number of anilines is 1. The average molecular weight is 423 g/mol. The number of rotatable bonds is 5. The predicted octanol–water partition coefficient (Wildman–Crippen LogP) is 2.72. The van der Waals surface area contributed by atoms with Crippen LogP contribution in [0.3, 0.4) is 0 Å². The summed E-state index contributed by atoms with van der Waals surface area (Å²) >= 11 is 0. The van der Waals surface area contributed by atoms with Crippen LogP contribution in [0.1, 0.15) is 37.0 Å². The highest BCUT2D eigenvalue weighted by atomic mass is 19.4. The van der Waals surface area contributed by atoms with E-state index in [1.54, 1.807) is 0 Å². The number of carbonyl (C=O) groups excluding carboxylic acids is 1. The molecule has 30 heavy (non-hydrogen) atoms. The van der Waals surface area contributed by atoms with E-state index >= 15 is 0 Å². The molecule has 1 aliphatic heterocycles. The molecule has 0 radical (unpaired) electrons. The third-order valence-electron chi connectivity index (χ3n) is 6.23. The highest BCUT2D eigenvalue weighted by Crippen LogP contribution is 2.37. The van der Waals surface area contributed by atoms with Crippen molar-refractivity contribution in [3.63, 3.8) is 0 Å². The Labute approximate surface area is 172 Å². The summed E-state index contributed by atoms with van der Waals surface area (Å²) in [5.74, 6) is -1.16. The molecular weight excluding hydrogens is 399 g/mol. The molecule has 7 nitrogen and oxygen atoms in total. The SMILES string of the molecule is N#CC1CCC(N2CC(NC(=O)CNc3noc4c3CC(C(F)(F)F)C=C4)C2)CC1. The van der Waals surface area contributed by atoms with Crippen LogP contribution >= 0.6 is 0 Å². The van der Waals surface area contributed by atoms with Crippen molar-refractivity contribution in [2.45, 2.75) is 50.4 Å². The van der Waals surface area contributed by atoms with Crippen LogP contribution in [0, 0.1) is 23.2 Å². The van der Waals surface area contributed by atoms with Gasteiger partial charge in [0.15, 0.2) is 11.6 Å². The number of likely N-dealkylation sites (tertiary alicyclic amines) is 1. The molecule has 4 rings (SSSR count). The zero-order valence-electron chi connectivity index (χ0n) is 16.4. The highest BCUT2D eigenvalue weighted by Gasteiger charge is 2.41. The fourth-order valence-corrected chi connectivity index (χ4v) is 4.42. The van der Waals surface area contributed by atoms with Crippen LogP contribution < -0.4 is 10.6 Å². The minimum Gasteiger partial charge on any atom is -0.358 e. The molecule has 1 aromatic rings. The summed E-state index contributed by atoms with van der Waals surface area (Å²) in [5, 5.41) is 18.5. The summed E-state index contributed by atoms with van der Waals surface area (Å²) in [4.78, 5) is 14.6. The van der Waals surface area contributed by atoms with E-state index in [4.69, 9.17) is 9.78 Å². The summed E-state index contributed by atoms with van der Waals surface area (Å²) in [6.07, 6.45) is 1.67. The quantitative estimate of drug-likeness (QED) is 0.756. The molecule has 0 aromatic carbocycles. The highest BCUT2D eigenvalue weighted by molar-refractivity contribution is 5.81. The Morgan fingerprint density at radius 2 is 2.03 bits per heavy atom. The molecule has 0 spiro atoms. The number of amides is 1. The van der Waals surface area contributed by atoms with Gasteiger partial charge in [0.2, 0.25) is 5.91 Å². The van der Waals surface area contributed by atoms with Crippen molar-refractivity contribution in [1.29, 1.82) is 5.26 Å². The number of carbonyl (C=O) groups is 1. The molecule has 3 aliphatic rings. The van der Waals surface area contributed by atoms with Crippen LogP contribution in [0.4, 0.5) is 19.0 Å². The third-order valence-corrected chi connectivity index (χ3v) is 6.23. The molecule has 0 bridgehead atoms. The Morgan fingerprint density at radius 3 is 2.70 bits per heavy atom. The number of nitriles is 1. The normalized spacial score (nSPS) is 27.1. The van der Waals surface area contributed by atoms with Gasteiger partial charge in [-0.25, -0.2) is 0 Å². The number of hydrogen-bond donors (Lipinski definition) is 2. The lowest BCUT2D eigenvalue weighted by molar-refractivity contribution is -0.160. The molecule has 2 heterocycles. The second-order valence-corrected chi connectivity index (χ2v) is 8.29. The monoisotopic (exact) mass is 423 g/mol. The van der Waals surface area contributed by atoms with Crippen molar-refractivity contribution in [3.05, 3.63) is 17.4 Å². The van der Waals surface area contributed by atoms with Gasteiger partial charge in [0.05, 0.1) is 24.6 Å². The average Bonchev–Trinajstić information content (AvgIpc) is 3.10. The lowest BCUT2D eigenvalue weighted by Gasteiger charge is -2.46. The predicted molar refractivity (Wildman–Crippen MR) is 102 cm³/mol. The topological polar surface area (TPSA) is 94.2 Å². The minimum atomic E-state index is -4.33. The molecule has 10 heteroatoms. The lowest BCUT2D eigenvalue weighted by atomic mass is 9.85. The van der Waals surface area contributed by atoms with E-state index in [0.29, 0.717) is 17.4 Å². The Balaban J connectivity index is 1.21. The molecule has 2 aliphatic carbocycles. The third kappa shape index (κ3) is 4.46. The van der Waals surface area contributed by atoms with E-state index in [0.717, 1.165) is 44.8 Å². The number of aromatic nitrogens is 1. The molecule has 2 fully saturated rings. The standard InChI is InChI=1S/C20H24F3N5O2/c21-20(22,23)13-3-6-17-16(7-13)19(27-30-17)25-9-18(29)26-14-10-28(11-14)15-4-1-12(8-24)2-5-15/h3,6,12-15H,1-2,4-5,7,9-11H2,(H,25,27)(H,26,29). The number of hydrogen-bond acceptors (Lipinski definition) is 6. The van der Waals surface area contributed by atoms with Crippen molar-refractivity contribution in [2.75, 3.05) is 25.0 Å². The molecular formula is C20H24F3N5O2. The van der Waals surface area contributed by atoms with E-state index in [9.17, 15) is 18.0 Å². The van der Waals surface area contributed by atoms with Gasteiger partial charge in [-0.05, 0) is 38.2 Å². The maximum atomic E-state index is 13.0. The van der Waals surface area contributed by atoms with Gasteiger partial charge in [-0.1, -0.05) is 11.2 Å². The first-order valence-corrected chi connectivity index (χ1v) is 10.2. The van der Waals surface area contributed by atoms with E-state index in [2.05, 4.69) is 26.8 Å². The number of allylic oxidation sites excluding steroid dienone is 1. The lowest BCUT2D eigenvalue weighted by Crippen LogP contribution is -2.63. The number of fused-ring (bicyclic) bond motifs is 1. The van der Waals surface area contributed by atoms with E-state index in [-0.39, 0.29) is 36.7 Å². The number of nitrogens with zero attached hydrogens (tertiary/aromatic N) is 3. The molecule has 2 N–H and O–H groups in total. The first-order chi connectivity index (χ1) is 14.3. The van der Waals surface area contributed by atoms with Crippen LogP contribution in [-0.4, -0.2) is 53.9 Å². The molecule has 1 saturated carbocycles. The van der Waals surface area contributed by atoms with Gasteiger partial charge in [-0.15, -0.1) is 0 Å². The van der Waals surface area contributed by atoms with Gasteiger partial charge in [0.25, 0.3) is 0 Å². The Bertz CT molecular complexity index is 846. The van der Waals surface area contributed by atoms with Crippen LogP contribution in [0.25, 0.3) is 6.08 Å². The van der Waals surface area contributed by atoms with Crippen molar-refractivity contribution in [2.24, 2.45) is 11.8 Å². The molecule has 1 atom stereocenters. The second kappa shape index (κ2) is 8.30. The Morgan fingerprint density at radius 1 is 1.30 bits per heavy atom. The van der Waals surface area contributed by atoms with Gasteiger partial charge in [-0.3, -0.25) is 9.69 Å². The smallest absolute Gasteiger partial charge is 0.358 e. The molecule has 1 amide bonds. The molecule has 1 aromatic heterocycles. The van der Waals surface area contributed by atoms with Crippen LogP contribution in [0.2, 0.25) is 0 Å². The van der Waals surface area contributed by atoms with Gasteiger partial charge in [-0.2, -0.15) is 18.4 Å². The van der Waals surface area contributed by atoms with Crippen molar-refractivity contribution < 1.29 is 22.5 Å². The number of alkyl halides is 3. The summed E-state index contributed by atoms with van der Waals surface area (Å²) < 4.78 is 44.0. The maximum absolute atomic E-state index is 13.0. The minimum absolute atomic E-state index is 0.0664. The number of nitrogens with one attached hydrogen (secondary N) is 2. The number of halogens is 3. The maximum Gasteiger partial charge on any atom is 0.395 e. The van der Waals surface area contributed by atoms with Crippen molar-refractivity contribution >= 4 is 17.8 Å². The summed E-state index contributed by atoms with van der Waals surface area (Å²) in [6.45, 7) is 1.49. The van der Waals surface area contributed by atoms with Crippen LogP contribution in [-0.2, 0) is 11.2 Å². The summed E-state index contributed by atoms with van der Waals surface area (Å²) in [7, 11) is 0. The van der Waals surface area contributed by atoms with Gasteiger partial charge >= 0.3 is 6.18 Å². The van der Waals surface area contributed by atoms with E-state index < -0.39 is 12.1 Å². The van der Waals surface area contributed by atoms with Crippen molar-refractivity contribution in [3.8, 4) is 6.07 Å². The zero-order chi connectivity index (χ0) is 21.3. The van der Waals surface area contributed by atoms with Crippen LogP contribution in [0.5, 0.6) is 0 Å². The van der Waals surface area contributed by atoms with Crippen LogP contribution in [0.15, 0.2) is 10.6 Å². The Hall–Kier alpha value is -2.54. The zero-order valence-corrected chi connectivity index (χ0v) is 16.4. The Kier molecular flexibility index (Phi) is 5.73. The van der Waals surface area contributed by atoms with Gasteiger partial charge < -0.3 is 15.2 Å². The van der Waals surface area contributed by atoms with E-state index in [1.807, 2.05) is 0 Å². The summed E-state index contributed by atoms with van der Waals surface area (Å²) in [6, 6.07) is 2.88. The van der Waals surface area contributed by atoms with Gasteiger partial charge in [0, 0.05) is 30.6 Å². The largest absolute Gasteiger partial charge is 0.395 e. The molecule has 162 valence electrons. The second-order valence-electron chi connectivity index (χ2n) is 8.29. The fourth-order valence-electron chi connectivity index (χ4n) is 4.42. The molecule has 1 saturated heterocycles. The van der Waals surface area contributed by atoms with Crippen molar-refractivity contribution in [1.82, 2.24) is 15.4 Å². The fraction of sp³-hybridized carbons (Fsp3) is 0.650. The molecule has 1 unspecified atom stereocenters. The first kappa shape index (κ1) is 20.7. The van der Waals surface area contributed by atoms with E-state index in [1.165, 1.54) is 6.08 Å². The van der Waals surface area contributed by atoms with Gasteiger partial charge in [0.1, 0.15) is 0 Å².